The zero-order valence-electron chi connectivity index (χ0n) is 13.6. The van der Waals surface area contributed by atoms with Crippen LogP contribution in [0.1, 0.15) is 51.5 Å². The monoisotopic (exact) mass is 286 g/mol. The van der Waals surface area contributed by atoms with E-state index in [2.05, 4.69) is 48.3 Å². The smallest absolute Gasteiger partial charge is 0.0388 e. The van der Waals surface area contributed by atoms with Crippen LogP contribution >= 0.6 is 0 Å². The molecule has 0 spiro atoms. The lowest BCUT2D eigenvalue weighted by Gasteiger charge is -2.36. The van der Waals surface area contributed by atoms with Crippen LogP contribution in [0.25, 0.3) is 0 Å². The molecule has 21 heavy (non-hydrogen) atoms. The molecule has 1 N–H and O–H groups in total. The molecule has 1 aliphatic heterocycles. The van der Waals surface area contributed by atoms with Gasteiger partial charge < -0.3 is 5.32 Å². The van der Waals surface area contributed by atoms with Crippen LogP contribution in [0.3, 0.4) is 0 Å². The van der Waals surface area contributed by atoms with Crippen LogP contribution in [0.4, 0.5) is 5.69 Å². The second-order valence-electron chi connectivity index (χ2n) is 7.16. The number of likely N-dealkylation sites (tertiary alicyclic amines) is 1. The Morgan fingerprint density at radius 1 is 1.05 bits per heavy atom. The van der Waals surface area contributed by atoms with Gasteiger partial charge in [0.2, 0.25) is 0 Å². The molecule has 3 atom stereocenters. The van der Waals surface area contributed by atoms with Crippen molar-refractivity contribution >= 4 is 5.69 Å². The van der Waals surface area contributed by atoms with Gasteiger partial charge in [0.05, 0.1) is 0 Å². The molecular weight excluding hydrogens is 256 g/mol. The molecule has 1 aromatic rings. The maximum absolute atomic E-state index is 3.88. The molecule has 0 amide bonds. The Hall–Kier alpha value is -1.02. The fourth-order valence-electron chi connectivity index (χ4n) is 3.97. The first-order chi connectivity index (χ1) is 10.2. The van der Waals surface area contributed by atoms with E-state index in [4.69, 9.17) is 0 Å². The van der Waals surface area contributed by atoms with Gasteiger partial charge in [0.1, 0.15) is 0 Å². The largest absolute Gasteiger partial charge is 0.382 e. The molecule has 1 aliphatic carbocycles. The van der Waals surface area contributed by atoms with E-state index < -0.39 is 0 Å². The van der Waals surface area contributed by atoms with Crippen molar-refractivity contribution in [3.63, 3.8) is 0 Å². The molecule has 2 nitrogen and oxygen atoms in total. The molecule has 0 radical (unpaired) electrons. The van der Waals surface area contributed by atoms with Crippen LogP contribution in [-0.4, -0.2) is 24.0 Å². The quantitative estimate of drug-likeness (QED) is 0.875. The number of hydrogen-bond donors (Lipinski definition) is 1. The number of rotatable bonds is 4. The molecule has 2 aliphatic rings. The minimum absolute atomic E-state index is 0.647. The highest BCUT2D eigenvalue weighted by molar-refractivity contribution is 5.52. The van der Waals surface area contributed by atoms with Crippen molar-refractivity contribution in [3.05, 3.63) is 29.8 Å². The summed E-state index contributed by atoms with van der Waals surface area (Å²) >= 11 is 0. The van der Waals surface area contributed by atoms with Gasteiger partial charge in [-0.1, -0.05) is 44.9 Å². The first-order valence-electron chi connectivity index (χ1n) is 8.81. The summed E-state index contributed by atoms with van der Waals surface area (Å²) in [6, 6.07) is 9.58. The van der Waals surface area contributed by atoms with Crippen molar-refractivity contribution < 1.29 is 0 Å². The lowest BCUT2D eigenvalue weighted by Crippen LogP contribution is -2.35. The summed E-state index contributed by atoms with van der Waals surface area (Å²) in [7, 11) is 0. The first kappa shape index (κ1) is 14.9. The van der Waals surface area contributed by atoms with E-state index in [9.17, 15) is 0 Å². The molecule has 1 aromatic carbocycles. The summed E-state index contributed by atoms with van der Waals surface area (Å²) in [5.74, 6) is 1.63. The maximum Gasteiger partial charge on any atom is 0.0388 e. The van der Waals surface area contributed by atoms with Crippen LogP contribution < -0.4 is 5.32 Å². The second-order valence-corrected chi connectivity index (χ2v) is 7.16. The van der Waals surface area contributed by atoms with E-state index in [-0.39, 0.29) is 0 Å². The zero-order valence-corrected chi connectivity index (χ0v) is 13.6. The first-order valence-corrected chi connectivity index (χ1v) is 8.81. The number of para-hydroxylation sites is 1. The summed E-state index contributed by atoms with van der Waals surface area (Å²) in [6.45, 7) is 8.48. The van der Waals surface area contributed by atoms with Crippen molar-refractivity contribution in [3.8, 4) is 0 Å². The van der Waals surface area contributed by atoms with Crippen LogP contribution in [0.15, 0.2) is 24.3 Å². The normalized spacial score (nSPS) is 30.5. The molecule has 116 valence electrons. The highest BCUT2D eigenvalue weighted by Crippen LogP contribution is 2.32. The third-order valence-corrected chi connectivity index (χ3v) is 5.66. The average molecular weight is 286 g/mol. The third-order valence-electron chi connectivity index (χ3n) is 5.66. The van der Waals surface area contributed by atoms with Crippen LogP contribution in [0.2, 0.25) is 0 Å². The SMILES string of the molecule is CC1CCCC(Nc2ccccc2CN2CCCC2)C1C. The van der Waals surface area contributed by atoms with Gasteiger partial charge in [0, 0.05) is 18.3 Å². The van der Waals surface area contributed by atoms with Gasteiger partial charge >= 0.3 is 0 Å². The van der Waals surface area contributed by atoms with E-state index in [0.717, 1.165) is 18.4 Å². The fraction of sp³-hybridized carbons (Fsp3) is 0.684. The Balaban J connectivity index is 1.69. The molecule has 1 saturated heterocycles. The summed E-state index contributed by atoms with van der Waals surface area (Å²) < 4.78 is 0. The molecule has 2 fully saturated rings. The lowest BCUT2D eigenvalue weighted by molar-refractivity contribution is 0.253. The van der Waals surface area contributed by atoms with Gasteiger partial charge in [-0.2, -0.15) is 0 Å². The molecule has 2 heteroatoms. The van der Waals surface area contributed by atoms with E-state index in [1.807, 2.05) is 0 Å². The molecule has 1 saturated carbocycles. The Morgan fingerprint density at radius 2 is 1.81 bits per heavy atom. The topological polar surface area (TPSA) is 15.3 Å². The molecule has 3 unspecified atom stereocenters. The summed E-state index contributed by atoms with van der Waals surface area (Å²) in [5, 5.41) is 3.88. The maximum atomic E-state index is 3.88. The molecule has 1 heterocycles. The van der Waals surface area contributed by atoms with E-state index in [1.54, 1.807) is 0 Å². The van der Waals surface area contributed by atoms with E-state index in [1.165, 1.54) is 56.4 Å². The van der Waals surface area contributed by atoms with Crippen LogP contribution in [0, 0.1) is 11.8 Å². The van der Waals surface area contributed by atoms with Gasteiger partial charge in [0.15, 0.2) is 0 Å². The van der Waals surface area contributed by atoms with Crippen LogP contribution in [-0.2, 0) is 6.54 Å². The highest BCUT2D eigenvalue weighted by Gasteiger charge is 2.27. The number of anilines is 1. The Bertz CT molecular complexity index is 451. The second kappa shape index (κ2) is 6.83. The lowest BCUT2D eigenvalue weighted by atomic mass is 9.78. The fourth-order valence-corrected chi connectivity index (χ4v) is 3.97. The standard InChI is InChI=1S/C19H30N2/c1-15-8-7-11-18(16(15)2)20-19-10-4-3-9-17(19)14-21-12-5-6-13-21/h3-4,9-10,15-16,18,20H,5-8,11-14H2,1-2H3. The summed E-state index contributed by atoms with van der Waals surface area (Å²) in [4.78, 5) is 2.59. The molecular formula is C19H30N2. The summed E-state index contributed by atoms with van der Waals surface area (Å²) in [6.07, 6.45) is 6.83. The van der Waals surface area contributed by atoms with Gasteiger partial charge in [-0.25, -0.2) is 0 Å². The van der Waals surface area contributed by atoms with Crippen molar-refractivity contribution in [1.29, 1.82) is 0 Å². The average Bonchev–Trinajstić information content (AvgIpc) is 2.99. The van der Waals surface area contributed by atoms with Gasteiger partial charge in [-0.15, -0.1) is 0 Å². The van der Waals surface area contributed by atoms with Crippen molar-refractivity contribution in [2.45, 2.75) is 58.5 Å². The minimum atomic E-state index is 0.647. The zero-order chi connectivity index (χ0) is 14.7. The number of nitrogens with one attached hydrogen (secondary N) is 1. The Kier molecular flexibility index (Phi) is 4.84. The van der Waals surface area contributed by atoms with E-state index in [0.29, 0.717) is 6.04 Å². The Labute approximate surface area is 129 Å². The highest BCUT2D eigenvalue weighted by atomic mass is 15.1. The predicted molar refractivity (Wildman–Crippen MR) is 90.5 cm³/mol. The third kappa shape index (κ3) is 3.60. The van der Waals surface area contributed by atoms with Crippen molar-refractivity contribution in [2.75, 3.05) is 18.4 Å². The van der Waals surface area contributed by atoms with Crippen molar-refractivity contribution in [2.24, 2.45) is 11.8 Å². The number of hydrogen-bond acceptors (Lipinski definition) is 2. The molecule has 3 rings (SSSR count). The van der Waals surface area contributed by atoms with Crippen LogP contribution in [0.5, 0.6) is 0 Å². The predicted octanol–water partition coefficient (Wildman–Crippen LogP) is 4.52. The Morgan fingerprint density at radius 3 is 2.62 bits per heavy atom. The number of benzene rings is 1. The van der Waals surface area contributed by atoms with Gasteiger partial charge in [-0.05, 0) is 55.8 Å². The molecule has 0 bridgehead atoms. The van der Waals surface area contributed by atoms with Crippen molar-refractivity contribution in [1.82, 2.24) is 4.90 Å². The van der Waals surface area contributed by atoms with E-state index >= 15 is 0 Å². The van der Waals surface area contributed by atoms with Gasteiger partial charge in [0.25, 0.3) is 0 Å². The van der Waals surface area contributed by atoms with Gasteiger partial charge in [-0.3, -0.25) is 4.90 Å². The molecule has 0 aromatic heterocycles. The minimum Gasteiger partial charge on any atom is -0.382 e. The number of nitrogens with zero attached hydrogens (tertiary/aromatic N) is 1. The summed E-state index contributed by atoms with van der Waals surface area (Å²) in [5.41, 5.74) is 2.85.